The molecule has 1 atom stereocenters. The molecule has 3 aromatic carbocycles. The number of aliphatic hydroxyl groups is 2. The molecule has 7 nitrogen and oxygen atoms in total. The Bertz CT molecular complexity index is 1460. The van der Waals surface area contributed by atoms with E-state index in [9.17, 15) is 19.8 Å². The molecule has 35 heavy (non-hydrogen) atoms. The fraction of sp³-hybridized carbons (Fsp3) is 0.259. The fourth-order valence-electron chi connectivity index (χ4n) is 4.42. The van der Waals surface area contributed by atoms with Gasteiger partial charge in [-0.15, -0.1) is 0 Å². The van der Waals surface area contributed by atoms with Crippen molar-refractivity contribution in [3.63, 3.8) is 0 Å². The van der Waals surface area contributed by atoms with E-state index in [2.05, 4.69) is 0 Å². The molecule has 0 spiro atoms. The number of primary amides is 1. The van der Waals surface area contributed by atoms with Gasteiger partial charge in [0.2, 0.25) is 5.78 Å². The highest BCUT2D eigenvalue weighted by Gasteiger charge is 2.25. The van der Waals surface area contributed by atoms with E-state index in [1.807, 2.05) is 18.2 Å². The van der Waals surface area contributed by atoms with Gasteiger partial charge >= 0.3 is 0 Å². The lowest BCUT2D eigenvalue weighted by molar-refractivity contribution is 0.0820. The second-order valence-corrected chi connectivity index (χ2v) is 9.43. The Labute approximate surface area is 206 Å². The van der Waals surface area contributed by atoms with Crippen molar-refractivity contribution < 1.29 is 24.5 Å². The number of halogens is 1. The fourth-order valence-corrected chi connectivity index (χ4v) is 4.60. The number of benzene rings is 3. The number of rotatable bonds is 9. The SMILES string of the molecule is NC(=O)c1cc2cc(Cl)ccc2cc1OCC(=O)c1cn(C[C@@H](O)CO)c2cc(C3CC3)ccc12. The minimum absolute atomic E-state index is 0.161. The monoisotopic (exact) mass is 492 g/mol. The second kappa shape index (κ2) is 9.34. The van der Waals surface area contributed by atoms with Gasteiger partial charge in [-0.3, -0.25) is 9.59 Å². The van der Waals surface area contributed by atoms with Crippen LogP contribution in [-0.2, 0) is 6.54 Å². The molecule has 1 aliphatic carbocycles. The molecule has 0 unspecified atom stereocenters. The normalized spacial score (nSPS) is 14.4. The largest absolute Gasteiger partial charge is 0.485 e. The van der Waals surface area contributed by atoms with Crippen molar-refractivity contribution >= 4 is 45.0 Å². The minimum atomic E-state index is -0.946. The number of fused-ring (bicyclic) bond motifs is 2. The summed E-state index contributed by atoms with van der Waals surface area (Å²) in [6, 6.07) is 14.5. The lowest BCUT2D eigenvalue weighted by Gasteiger charge is -2.11. The Kier molecular flexibility index (Phi) is 6.23. The highest BCUT2D eigenvalue weighted by molar-refractivity contribution is 6.31. The maximum Gasteiger partial charge on any atom is 0.252 e. The lowest BCUT2D eigenvalue weighted by atomic mass is 10.0. The molecule has 1 amide bonds. The number of ketones is 1. The smallest absolute Gasteiger partial charge is 0.252 e. The van der Waals surface area contributed by atoms with Crippen LogP contribution in [0.1, 0.15) is 45.0 Å². The van der Waals surface area contributed by atoms with Crippen molar-refractivity contribution in [3.8, 4) is 5.75 Å². The highest BCUT2D eigenvalue weighted by Crippen LogP contribution is 2.41. The van der Waals surface area contributed by atoms with Crippen LogP contribution >= 0.6 is 11.6 Å². The molecule has 0 radical (unpaired) electrons. The van der Waals surface area contributed by atoms with Crippen molar-refractivity contribution in [2.75, 3.05) is 13.2 Å². The van der Waals surface area contributed by atoms with E-state index in [4.69, 9.17) is 22.1 Å². The summed E-state index contributed by atoms with van der Waals surface area (Å²) in [6.07, 6.45) is 3.03. The molecule has 180 valence electrons. The molecule has 4 N–H and O–H groups in total. The number of aliphatic hydroxyl groups excluding tert-OH is 2. The molecule has 4 aromatic rings. The summed E-state index contributed by atoms with van der Waals surface area (Å²) in [5, 5.41) is 22.1. The van der Waals surface area contributed by atoms with Gasteiger partial charge in [0.1, 0.15) is 5.75 Å². The van der Waals surface area contributed by atoms with Crippen LogP contribution in [-0.4, -0.2) is 45.8 Å². The summed E-state index contributed by atoms with van der Waals surface area (Å²) in [6.45, 7) is -0.517. The summed E-state index contributed by atoms with van der Waals surface area (Å²) in [7, 11) is 0. The molecule has 5 rings (SSSR count). The minimum Gasteiger partial charge on any atom is -0.485 e. The summed E-state index contributed by atoms with van der Waals surface area (Å²) in [5.74, 6) is -0.200. The van der Waals surface area contributed by atoms with Crippen LogP contribution in [0.4, 0.5) is 0 Å². The Morgan fingerprint density at radius 3 is 2.60 bits per heavy atom. The van der Waals surface area contributed by atoms with E-state index in [1.54, 1.807) is 41.1 Å². The Hall–Kier alpha value is -3.39. The van der Waals surface area contributed by atoms with Crippen molar-refractivity contribution in [3.05, 3.63) is 76.4 Å². The quantitative estimate of drug-likeness (QED) is 0.305. The zero-order chi connectivity index (χ0) is 24.7. The van der Waals surface area contributed by atoms with Crippen LogP contribution in [0.5, 0.6) is 5.75 Å². The van der Waals surface area contributed by atoms with E-state index in [0.29, 0.717) is 16.5 Å². The van der Waals surface area contributed by atoms with Crippen molar-refractivity contribution in [2.24, 2.45) is 5.73 Å². The maximum absolute atomic E-state index is 13.2. The lowest BCUT2D eigenvalue weighted by Crippen LogP contribution is -2.19. The summed E-state index contributed by atoms with van der Waals surface area (Å²) in [5.41, 5.74) is 8.19. The number of Topliss-reactive ketones (excluding diaryl/α,β-unsaturated/α-hetero) is 1. The molecule has 0 saturated heterocycles. The zero-order valence-electron chi connectivity index (χ0n) is 18.9. The molecule has 1 heterocycles. The molecular weight excluding hydrogens is 468 g/mol. The van der Waals surface area contributed by atoms with Gasteiger partial charge in [-0.1, -0.05) is 29.8 Å². The summed E-state index contributed by atoms with van der Waals surface area (Å²) < 4.78 is 7.60. The number of nitrogens with zero attached hydrogens (tertiary/aromatic N) is 1. The molecular formula is C27H25ClN2O5. The predicted octanol–water partition coefficient (Wildman–Crippen LogP) is 4.04. The van der Waals surface area contributed by atoms with Crippen molar-refractivity contribution in [2.45, 2.75) is 31.4 Å². The van der Waals surface area contributed by atoms with Gasteiger partial charge in [-0.05, 0) is 65.4 Å². The average molecular weight is 493 g/mol. The van der Waals surface area contributed by atoms with E-state index < -0.39 is 12.0 Å². The first kappa shape index (κ1) is 23.4. The molecule has 8 heteroatoms. The highest BCUT2D eigenvalue weighted by atomic mass is 35.5. The van der Waals surface area contributed by atoms with Crippen LogP contribution < -0.4 is 10.5 Å². The number of ether oxygens (including phenoxy) is 1. The van der Waals surface area contributed by atoms with Crippen LogP contribution in [0, 0.1) is 0 Å². The van der Waals surface area contributed by atoms with Gasteiger partial charge in [0.25, 0.3) is 5.91 Å². The Morgan fingerprint density at radius 1 is 1.09 bits per heavy atom. The number of amides is 1. The molecule has 1 fully saturated rings. The van der Waals surface area contributed by atoms with E-state index >= 15 is 0 Å². The third-order valence-electron chi connectivity index (χ3n) is 6.40. The number of nitrogens with two attached hydrogens (primary N) is 1. The number of carbonyl (C=O) groups excluding carboxylic acids is 2. The van der Waals surface area contributed by atoms with Crippen molar-refractivity contribution in [1.82, 2.24) is 4.57 Å². The first-order valence-electron chi connectivity index (χ1n) is 11.4. The van der Waals surface area contributed by atoms with Crippen LogP contribution in [0.15, 0.2) is 54.7 Å². The van der Waals surface area contributed by atoms with E-state index in [-0.39, 0.29) is 36.9 Å². The number of hydrogen-bond donors (Lipinski definition) is 3. The van der Waals surface area contributed by atoms with Gasteiger partial charge in [0.15, 0.2) is 6.61 Å². The molecule has 0 aliphatic heterocycles. The van der Waals surface area contributed by atoms with Gasteiger partial charge in [0, 0.05) is 27.7 Å². The molecule has 1 saturated carbocycles. The standard InChI is InChI=1S/C27H25ClN2O5/c28-19-5-3-17-10-26(22(27(29)34)8-18(17)7-19)35-14-25(33)23-12-30(11-20(32)13-31)24-9-16(15-1-2-15)4-6-21(23)24/h3-10,12,15,20,31-32H,1-2,11,13-14H2,(H2,29,34)/t20-/m1/s1. The van der Waals surface area contributed by atoms with E-state index in [1.165, 1.54) is 5.56 Å². The number of carbonyl (C=O) groups is 2. The van der Waals surface area contributed by atoms with Crippen molar-refractivity contribution in [1.29, 1.82) is 0 Å². The van der Waals surface area contributed by atoms with E-state index in [0.717, 1.165) is 34.5 Å². The maximum atomic E-state index is 13.2. The van der Waals surface area contributed by atoms with Crippen LogP contribution in [0.3, 0.4) is 0 Å². The first-order chi connectivity index (χ1) is 16.8. The number of hydrogen-bond acceptors (Lipinski definition) is 5. The zero-order valence-corrected chi connectivity index (χ0v) is 19.7. The molecule has 1 aliphatic rings. The second-order valence-electron chi connectivity index (χ2n) is 9.00. The van der Waals surface area contributed by atoms with Crippen LogP contribution in [0.2, 0.25) is 5.02 Å². The summed E-state index contributed by atoms with van der Waals surface area (Å²) >= 11 is 6.06. The van der Waals surface area contributed by atoms with Gasteiger partial charge in [-0.25, -0.2) is 0 Å². The molecule has 0 bridgehead atoms. The summed E-state index contributed by atoms with van der Waals surface area (Å²) in [4.78, 5) is 25.3. The van der Waals surface area contributed by atoms with Gasteiger partial charge < -0.3 is 25.3 Å². The first-order valence-corrected chi connectivity index (χ1v) is 11.8. The Balaban J connectivity index is 1.46. The average Bonchev–Trinajstić information content (AvgIpc) is 3.64. The molecule has 1 aromatic heterocycles. The van der Waals surface area contributed by atoms with Gasteiger partial charge in [0.05, 0.1) is 24.8 Å². The third-order valence-corrected chi connectivity index (χ3v) is 6.63. The van der Waals surface area contributed by atoms with Crippen LogP contribution in [0.25, 0.3) is 21.7 Å². The predicted molar refractivity (Wildman–Crippen MR) is 134 cm³/mol. The third kappa shape index (κ3) is 4.75. The Morgan fingerprint density at radius 2 is 1.89 bits per heavy atom. The number of aromatic nitrogens is 1. The topological polar surface area (TPSA) is 115 Å². The van der Waals surface area contributed by atoms with Gasteiger partial charge in [-0.2, -0.15) is 0 Å².